The standard InChI is InChI=1S/C27H31N3O6/c1-19(2)14-30(27(32)28-21-6-4-7-22(13-21)33-3)17-26(31)29(16-23-8-5-11-34-23)15-20-9-10-24-25(12-20)36-18-35-24/h4-13,19H,14-18H2,1-3H3,(H,28,32). The summed E-state index contributed by atoms with van der Waals surface area (Å²) in [6, 6.07) is 16.0. The minimum Gasteiger partial charge on any atom is -0.497 e. The van der Waals surface area contributed by atoms with Crippen LogP contribution in [0.3, 0.4) is 0 Å². The van der Waals surface area contributed by atoms with E-state index in [9.17, 15) is 9.59 Å². The van der Waals surface area contributed by atoms with E-state index in [1.807, 2.05) is 38.1 Å². The maximum absolute atomic E-state index is 13.5. The molecule has 0 saturated carbocycles. The third-order valence-electron chi connectivity index (χ3n) is 5.61. The van der Waals surface area contributed by atoms with Gasteiger partial charge in [-0.05, 0) is 47.9 Å². The van der Waals surface area contributed by atoms with E-state index in [0.29, 0.717) is 41.8 Å². The van der Waals surface area contributed by atoms with Crippen molar-refractivity contribution >= 4 is 17.6 Å². The van der Waals surface area contributed by atoms with Gasteiger partial charge in [0.05, 0.1) is 19.9 Å². The molecule has 0 radical (unpaired) electrons. The third kappa shape index (κ3) is 6.50. The van der Waals surface area contributed by atoms with Gasteiger partial charge in [-0.3, -0.25) is 4.79 Å². The molecule has 0 fully saturated rings. The Morgan fingerprint density at radius 1 is 1.00 bits per heavy atom. The smallest absolute Gasteiger partial charge is 0.322 e. The summed E-state index contributed by atoms with van der Waals surface area (Å²) in [6.07, 6.45) is 1.57. The zero-order valence-corrected chi connectivity index (χ0v) is 20.7. The molecule has 1 N–H and O–H groups in total. The van der Waals surface area contributed by atoms with E-state index >= 15 is 0 Å². The van der Waals surface area contributed by atoms with Gasteiger partial charge in [0.25, 0.3) is 0 Å². The maximum atomic E-state index is 13.5. The molecule has 4 rings (SSSR count). The molecular formula is C27H31N3O6. The Kier molecular flexibility index (Phi) is 7.99. The Morgan fingerprint density at radius 3 is 2.58 bits per heavy atom. The van der Waals surface area contributed by atoms with Crippen LogP contribution in [0.1, 0.15) is 25.2 Å². The van der Waals surface area contributed by atoms with Crippen LogP contribution in [0.25, 0.3) is 0 Å². The van der Waals surface area contributed by atoms with Crippen LogP contribution in [0.5, 0.6) is 17.2 Å². The van der Waals surface area contributed by atoms with Crippen LogP contribution in [-0.4, -0.2) is 48.7 Å². The molecule has 0 aliphatic carbocycles. The number of fused-ring (bicyclic) bond motifs is 1. The van der Waals surface area contributed by atoms with Crippen LogP contribution >= 0.6 is 0 Å². The number of carbonyl (C=O) groups excluding carboxylic acids is 2. The monoisotopic (exact) mass is 493 g/mol. The molecule has 9 heteroatoms. The second kappa shape index (κ2) is 11.5. The lowest BCUT2D eigenvalue weighted by atomic mass is 10.1. The number of carbonyl (C=O) groups is 2. The zero-order chi connectivity index (χ0) is 25.5. The molecule has 190 valence electrons. The van der Waals surface area contributed by atoms with Crippen molar-refractivity contribution in [3.05, 3.63) is 72.2 Å². The van der Waals surface area contributed by atoms with Crippen LogP contribution in [0.15, 0.2) is 65.3 Å². The number of methoxy groups -OCH3 is 1. The molecular weight excluding hydrogens is 462 g/mol. The van der Waals surface area contributed by atoms with Crippen molar-refractivity contribution in [2.24, 2.45) is 5.92 Å². The lowest BCUT2D eigenvalue weighted by Gasteiger charge is -2.28. The molecule has 0 saturated heterocycles. The van der Waals surface area contributed by atoms with Gasteiger partial charge in [-0.15, -0.1) is 0 Å². The summed E-state index contributed by atoms with van der Waals surface area (Å²) in [5.74, 6) is 2.58. The maximum Gasteiger partial charge on any atom is 0.322 e. The van der Waals surface area contributed by atoms with Crippen molar-refractivity contribution in [1.82, 2.24) is 9.80 Å². The van der Waals surface area contributed by atoms with Crippen LogP contribution in [0, 0.1) is 5.92 Å². The van der Waals surface area contributed by atoms with E-state index in [-0.39, 0.29) is 37.7 Å². The predicted molar refractivity (Wildman–Crippen MR) is 134 cm³/mol. The first-order valence-corrected chi connectivity index (χ1v) is 11.8. The van der Waals surface area contributed by atoms with Gasteiger partial charge in [0, 0.05) is 24.8 Å². The molecule has 0 spiro atoms. The number of nitrogens with one attached hydrogen (secondary N) is 1. The average Bonchev–Trinajstić information content (AvgIpc) is 3.54. The van der Waals surface area contributed by atoms with Crippen molar-refractivity contribution < 1.29 is 28.2 Å². The topological polar surface area (TPSA) is 93.5 Å². The molecule has 0 unspecified atom stereocenters. The molecule has 2 aromatic carbocycles. The highest BCUT2D eigenvalue weighted by atomic mass is 16.7. The summed E-state index contributed by atoms with van der Waals surface area (Å²) in [5, 5.41) is 2.88. The fourth-order valence-corrected chi connectivity index (χ4v) is 3.91. The van der Waals surface area contributed by atoms with Crippen molar-refractivity contribution in [2.45, 2.75) is 26.9 Å². The van der Waals surface area contributed by atoms with Crippen molar-refractivity contribution in [3.63, 3.8) is 0 Å². The Balaban J connectivity index is 1.50. The highest BCUT2D eigenvalue weighted by Crippen LogP contribution is 2.33. The number of amides is 3. The highest BCUT2D eigenvalue weighted by molar-refractivity contribution is 5.92. The van der Waals surface area contributed by atoms with Gasteiger partial charge < -0.3 is 33.7 Å². The molecule has 2 heterocycles. The molecule has 0 bridgehead atoms. The summed E-state index contributed by atoms with van der Waals surface area (Å²) in [7, 11) is 1.57. The van der Waals surface area contributed by atoms with E-state index in [2.05, 4.69) is 5.32 Å². The van der Waals surface area contributed by atoms with Gasteiger partial charge in [-0.25, -0.2) is 4.79 Å². The van der Waals surface area contributed by atoms with Crippen LogP contribution in [-0.2, 0) is 17.9 Å². The average molecular weight is 494 g/mol. The summed E-state index contributed by atoms with van der Waals surface area (Å²) >= 11 is 0. The zero-order valence-electron chi connectivity index (χ0n) is 20.7. The number of ether oxygens (including phenoxy) is 3. The minimum atomic E-state index is -0.355. The predicted octanol–water partition coefficient (Wildman–Crippen LogP) is 4.74. The highest BCUT2D eigenvalue weighted by Gasteiger charge is 2.24. The van der Waals surface area contributed by atoms with Crippen molar-refractivity contribution in [1.29, 1.82) is 0 Å². The number of urea groups is 1. The lowest BCUT2D eigenvalue weighted by Crippen LogP contribution is -2.45. The Morgan fingerprint density at radius 2 is 1.83 bits per heavy atom. The molecule has 1 aliphatic heterocycles. The molecule has 1 aromatic heterocycles. The van der Waals surface area contributed by atoms with E-state index in [4.69, 9.17) is 18.6 Å². The van der Waals surface area contributed by atoms with Crippen LogP contribution in [0.2, 0.25) is 0 Å². The van der Waals surface area contributed by atoms with Gasteiger partial charge in [-0.2, -0.15) is 0 Å². The van der Waals surface area contributed by atoms with Crippen molar-refractivity contribution in [3.8, 4) is 17.2 Å². The summed E-state index contributed by atoms with van der Waals surface area (Å²) < 4.78 is 21.6. The summed E-state index contributed by atoms with van der Waals surface area (Å²) in [6.45, 7) is 5.11. The lowest BCUT2D eigenvalue weighted by molar-refractivity contribution is -0.133. The molecule has 0 atom stereocenters. The van der Waals surface area contributed by atoms with Crippen molar-refractivity contribution in [2.75, 3.05) is 32.3 Å². The third-order valence-corrected chi connectivity index (χ3v) is 5.61. The van der Waals surface area contributed by atoms with E-state index in [1.54, 1.807) is 48.6 Å². The van der Waals surface area contributed by atoms with E-state index in [0.717, 1.165) is 5.56 Å². The van der Waals surface area contributed by atoms with E-state index < -0.39 is 0 Å². The molecule has 1 aliphatic rings. The first-order chi connectivity index (χ1) is 17.4. The van der Waals surface area contributed by atoms with Gasteiger partial charge in [0.2, 0.25) is 12.7 Å². The fraction of sp³-hybridized carbons (Fsp3) is 0.333. The minimum absolute atomic E-state index is 0.0841. The second-order valence-electron chi connectivity index (χ2n) is 8.95. The number of anilines is 1. The van der Waals surface area contributed by atoms with Gasteiger partial charge in [0.15, 0.2) is 11.5 Å². The Hall–Kier alpha value is -4.14. The van der Waals surface area contributed by atoms with Gasteiger partial charge >= 0.3 is 6.03 Å². The Bertz CT molecular complexity index is 1180. The summed E-state index contributed by atoms with van der Waals surface area (Å²) in [4.78, 5) is 29.9. The Labute approximate surface area is 210 Å². The normalized spacial score (nSPS) is 11.9. The second-order valence-corrected chi connectivity index (χ2v) is 8.95. The first-order valence-electron chi connectivity index (χ1n) is 11.8. The quantitative estimate of drug-likeness (QED) is 0.439. The summed E-state index contributed by atoms with van der Waals surface area (Å²) in [5.41, 5.74) is 1.48. The largest absolute Gasteiger partial charge is 0.497 e. The van der Waals surface area contributed by atoms with Crippen LogP contribution < -0.4 is 19.5 Å². The molecule has 36 heavy (non-hydrogen) atoms. The van der Waals surface area contributed by atoms with Gasteiger partial charge in [-0.1, -0.05) is 26.0 Å². The first kappa shape index (κ1) is 25.0. The SMILES string of the molecule is COc1cccc(NC(=O)N(CC(=O)N(Cc2ccc3c(c2)OCO3)Cc2ccco2)CC(C)C)c1. The fourth-order valence-electron chi connectivity index (χ4n) is 3.91. The molecule has 9 nitrogen and oxygen atoms in total. The molecule has 3 amide bonds. The number of hydrogen-bond donors (Lipinski definition) is 1. The number of benzene rings is 2. The van der Waals surface area contributed by atoms with E-state index in [1.165, 1.54) is 4.90 Å². The van der Waals surface area contributed by atoms with Crippen LogP contribution in [0.4, 0.5) is 10.5 Å². The number of nitrogens with zero attached hydrogens (tertiary/aromatic N) is 2. The number of furan rings is 1. The molecule has 3 aromatic rings. The van der Waals surface area contributed by atoms with Gasteiger partial charge in [0.1, 0.15) is 18.1 Å². The number of hydrogen-bond acceptors (Lipinski definition) is 6. The number of rotatable bonds is 10.